The first-order chi connectivity index (χ1) is 3.83. The molecule has 1 unspecified atom stereocenters. The second-order valence-corrected chi connectivity index (χ2v) is 2.44. The van der Waals surface area contributed by atoms with Gasteiger partial charge in [0, 0.05) is 12.6 Å². The van der Waals surface area contributed by atoms with E-state index in [-0.39, 0.29) is 7.43 Å². The second-order valence-electron chi connectivity index (χ2n) is 2.44. The lowest BCUT2D eigenvalue weighted by atomic mass is 10.3. The highest BCUT2D eigenvalue weighted by molar-refractivity contribution is 4.76. The molecule has 1 fully saturated rings. The lowest BCUT2D eigenvalue weighted by molar-refractivity contribution is 0.354. The fraction of sp³-hybridized carbons (Fsp3) is 1.00. The summed E-state index contributed by atoms with van der Waals surface area (Å²) in [7, 11) is 0. The van der Waals surface area contributed by atoms with Gasteiger partial charge in [0.05, 0.1) is 0 Å². The molecule has 1 atom stereocenters. The average molecular weight is 130 g/mol. The van der Waals surface area contributed by atoms with Gasteiger partial charge in [0.1, 0.15) is 0 Å². The summed E-state index contributed by atoms with van der Waals surface area (Å²) in [5.41, 5.74) is 5.66. The van der Waals surface area contributed by atoms with Crippen LogP contribution in [0.2, 0.25) is 0 Å². The van der Waals surface area contributed by atoms with Crippen LogP contribution in [0.25, 0.3) is 0 Å². The first kappa shape index (κ1) is 8.92. The van der Waals surface area contributed by atoms with Gasteiger partial charge in [0.2, 0.25) is 0 Å². The van der Waals surface area contributed by atoms with Gasteiger partial charge in [-0.15, -0.1) is 0 Å². The number of likely N-dealkylation sites (tertiary alicyclic amines) is 1. The number of hydrogen-bond acceptors (Lipinski definition) is 2. The molecule has 2 nitrogen and oxygen atoms in total. The maximum Gasteiger partial charge on any atom is 0.0180 e. The highest BCUT2D eigenvalue weighted by Crippen LogP contribution is 2.04. The highest BCUT2D eigenvalue weighted by Gasteiger charge is 2.16. The molecule has 0 aromatic rings. The van der Waals surface area contributed by atoms with Crippen molar-refractivity contribution >= 4 is 0 Å². The molecule has 0 aromatic heterocycles. The van der Waals surface area contributed by atoms with Gasteiger partial charge < -0.3 is 10.6 Å². The number of nitrogens with zero attached hydrogens (tertiary/aromatic N) is 1. The Morgan fingerprint density at radius 3 is 2.56 bits per heavy atom. The molecule has 2 heteroatoms. The van der Waals surface area contributed by atoms with Crippen molar-refractivity contribution in [3.63, 3.8) is 0 Å². The summed E-state index contributed by atoms with van der Waals surface area (Å²) in [6.45, 7) is 5.65. The van der Waals surface area contributed by atoms with Gasteiger partial charge in [0.25, 0.3) is 0 Å². The number of hydrogen-bond donors (Lipinski definition) is 1. The van der Waals surface area contributed by atoms with Gasteiger partial charge in [-0.2, -0.15) is 0 Å². The lowest BCUT2D eigenvalue weighted by Crippen LogP contribution is -2.26. The predicted octanol–water partition coefficient (Wildman–Crippen LogP) is 0.675. The molecule has 0 spiro atoms. The molecular weight excluding hydrogens is 112 g/mol. The van der Waals surface area contributed by atoms with E-state index in [9.17, 15) is 0 Å². The minimum absolute atomic E-state index is 0. The third-order valence-electron chi connectivity index (χ3n) is 1.76. The monoisotopic (exact) mass is 130 g/mol. The molecule has 1 aliphatic rings. The van der Waals surface area contributed by atoms with Crippen molar-refractivity contribution in [1.29, 1.82) is 0 Å². The minimum atomic E-state index is 0. The Kier molecular flexibility index (Phi) is 3.82. The van der Waals surface area contributed by atoms with E-state index in [1.165, 1.54) is 13.0 Å². The zero-order valence-electron chi connectivity index (χ0n) is 5.43. The third-order valence-corrected chi connectivity index (χ3v) is 1.76. The van der Waals surface area contributed by atoms with Crippen LogP contribution in [0.1, 0.15) is 20.8 Å². The van der Waals surface area contributed by atoms with Crippen LogP contribution in [0.4, 0.5) is 0 Å². The van der Waals surface area contributed by atoms with E-state index >= 15 is 0 Å². The first-order valence-electron chi connectivity index (χ1n) is 3.31. The van der Waals surface area contributed by atoms with E-state index in [1.54, 1.807) is 0 Å². The second kappa shape index (κ2) is 3.85. The van der Waals surface area contributed by atoms with Crippen LogP contribution in [0.3, 0.4) is 0 Å². The maximum absolute atomic E-state index is 5.66. The average Bonchev–Trinajstić information content (AvgIpc) is 2.14. The van der Waals surface area contributed by atoms with E-state index in [1.807, 2.05) is 0 Å². The SMILES string of the molecule is C.CCN1CCC(N)C1. The molecule has 0 bridgehead atoms. The zero-order chi connectivity index (χ0) is 5.98. The maximum atomic E-state index is 5.66. The van der Waals surface area contributed by atoms with Crippen LogP contribution in [-0.4, -0.2) is 30.6 Å². The molecule has 1 saturated heterocycles. The van der Waals surface area contributed by atoms with Gasteiger partial charge in [-0.05, 0) is 19.5 Å². The fourth-order valence-electron chi connectivity index (χ4n) is 1.15. The van der Waals surface area contributed by atoms with E-state index < -0.39 is 0 Å². The molecule has 9 heavy (non-hydrogen) atoms. The summed E-state index contributed by atoms with van der Waals surface area (Å²) in [5, 5.41) is 0. The third kappa shape index (κ3) is 2.33. The van der Waals surface area contributed by atoms with Crippen molar-refractivity contribution < 1.29 is 0 Å². The topological polar surface area (TPSA) is 29.3 Å². The number of likely N-dealkylation sites (N-methyl/N-ethyl adjacent to an activating group) is 1. The molecule has 56 valence electrons. The van der Waals surface area contributed by atoms with Crippen LogP contribution < -0.4 is 5.73 Å². The van der Waals surface area contributed by atoms with E-state index in [4.69, 9.17) is 5.73 Å². The summed E-state index contributed by atoms with van der Waals surface area (Å²) in [5.74, 6) is 0. The van der Waals surface area contributed by atoms with Gasteiger partial charge in [-0.1, -0.05) is 14.4 Å². The van der Waals surface area contributed by atoms with E-state index in [0.717, 1.165) is 13.1 Å². The summed E-state index contributed by atoms with van der Waals surface area (Å²) < 4.78 is 0. The van der Waals surface area contributed by atoms with Crippen LogP contribution in [0.5, 0.6) is 0 Å². The van der Waals surface area contributed by atoms with Crippen LogP contribution in [0, 0.1) is 0 Å². The Balaban J connectivity index is 0.000000640. The minimum Gasteiger partial charge on any atom is -0.326 e. The van der Waals surface area contributed by atoms with Crippen molar-refractivity contribution in [2.24, 2.45) is 5.73 Å². The van der Waals surface area contributed by atoms with Gasteiger partial charge >= 0.3 is 0 Å². The molecular formula is C7H18N2. The van der Waals surface area contributed by atoms with Crippen LogP contribution in [0.15, 0.2) is 0 Å². The van der Waals surface area contributed by atoms with Gasteiger partial charge in [0.15, 0.2) is 0 Å². The molecule has 0 radical (unpaired) electrons. The Labute approximate surface area is 58.0 Å². The van der Waals surface area contributed by atoms with E-state index in [2.05, 4.69) is 11.8 Å². The molecule has 2 N–H and O–H groups in total. The molecule has 1 rings (SSSR count). The fourth-order valence-corrected chi connectivity index (χ4v) is 1.15. The van der Waals surface area contributed by atoms with E-state index in [0.29, 0.717) is 6.04 Å². The smallest absolute Gasteiger partial charge is 0.0180 e. The lowest BCUT2D eigenvalue weighted by Gasteiger charge is -2.09. The Hall–Kier alpha value is -0.0800. The largest absolute Gasteiger partial charge is 0.326 e. The molecule has 1 aliphatic heterocycles. The number of rotatable bonds is 1. The quantitative estimate of drug-likeness (QED) is 0.565. The highest BCUT2D eigenvalue weighted by atomic mass is 15.2. The summed E-state index contributed by atoms with van der Waals surface area (Å²) >= 11 is 0. The first-order valence-corrected chi connectivity index (χ1v) is 3.31. The Morgan fingerprint density at radius 2 is 2.33 bits per heavy atom. The Bertz CT molecular complexity index is 73.3. The van der Waals surface area contributed by atoms with Crippen molar-refractivity contribution in [2.45, 2.75) is 26.8 Å². The molecule has 1 heterocycles. The van der Waals surface area contributed by atoms with Crippen molar-refractivity contribution in [3.05, 3.63) is 0 Å². The van der Waals surface area contributed by atoms with Crippen molar-refractivity contribution in [1.82, 2.24) is 4.90 Å². The van der Waals surface area contributed by atoms with Crippen molar-refractivity contribution in [3.8, 4) is 0 Å². The number of nitrogens with two attached hydrogens (primary N) is 1. The summed E-state index contributed by atoms with van der Waals surface area (Å²) in [6, 6.07) is 0.454. The Morgan fingerprint density at radius 1 is 1.67 bits per heavy atom. The molecule has 0 amide bonds. The van der Waals surface area contributed by atoms with Crippen molar-refractivity contribution in [2.75, 3.05) is 19.6 Å². The molecule has 0 aliphatic carbocycles. The molecule has 0 saturated carbocycles. The van der Waals surface area contributed by atoms with Crippen LogP contribution in [-0.2, 0) is 0 Å². The predicted molar refractivity (Wildman–Crippen MR) is 41.4 cm³/mol. The normalized spacial score (nSPS) is 28.0. The summed E-state index contributed by atoms with van der Waals surface area (Å²) in [4.78, 5) is 2.38. The van der Waals surface area contributed by atoms with Gasteiger partial charge in [-0.3, -0.25) is 0 Å². The zero-order valence-corrected chi connectivity index (χ0v) is 5.43. The molecule has 0 aromatic carbocycles. The van der Waals surface area contributed by atoms with Gasteiger partial charge in [-0.25, -0.2) is 0 Å². The standard InChI is InChI=1S/C6H14N2.CH4/c1-2-8-4-3-6(7)5-8;/h6H,2-5,7H2,1H3;1H4. The van der Waals surface area contributed by atoms with Crippen LogP contribution >= 0.6 is 0 Å². The summed E-state index contributed by atoms with van der Waals surface area (Å²) in [6.07, 6.45) is 1.19.